The molecule has 0 saturated heterocycles. The Morgan fingerprint density at radius 3 is 2.21 bits per heavy atom. The molecule has 9 heteroatoms. The van der Waals surface area contributed by atoms with Crippen LogP contribution < -0.4 is 15.4 Å². The molecule has 0 aliphatic carbocycles. The lowest BCUT2D eigenvalue weighted by atomic mass is 10.1. The number of ether oxygens (including phenoxy) is 2. The van der Waals surface area contributed by atoms with Crippen LogP contribution in [0, 0.1) is 11.6 Å². The summed E-state index contributed by atoms with van der Waals surface area (Å²) in [4.78, 5) is 36.3. The Morgan fingerprint density at radius 1 is 1.00 bits per heavy atom. The predicted octanol–water partition coefficient (Wildman–Crippen LogP) is 1.88. The lowest BCUT2D eigenvalue weighted by Crippen LogP contribution is -2.48. The summed E-state index contributed by atoms with van der Waals surface area (Å²) < 4.78 is 36.0. The summed E-state index contributed by atoms with van der Waals surface area (Å²) >= 11 is 0. The molecule has 0 heterocycles. The smallest absolute Gasteiger partial charge is 0.333 e. The molecule has 2 aromatic rings. The van der Waals surface area contributed by atoms with E-state index in [-0.39, 0.29) is 5.75 Å². The van der Waals surface area contributed by atoms with Crippen molar-refractivity contribution in [2.24, 2.45) is 0 Å². The highest BCUT2D eigenvalue weighted by atomic mass is 19.1. The van der Waals surface area contributed by atoms with Crippen molar-refractivity contribution in [3.05, 3.63) is 65.7 Å². The van der Waals surface area contributed by atoms with Gasteiger partial charge in [0, 0.05) is 18.2 Å². The number of rotatable bonds is 8. The molecule has 0 fully saturated rings. The van der Waals surface area contributed by atoms with Crippen LogP contribution in [0.15, 0.2) is 48.5 Å². The molecular weight excluding hydrogens is 386 g/mol. The van der Waals surface area contributed by atoms with Crippen molar-refractivity contribution in [3.8, 4) is 5.75 Å². The molecule has 0 aliphatic rings. The van der Waals surface area contributed by atoms with Crippen molar-refractivity contribution in [2.75, 3.05) is 13.7 Å². The first-order chi connectivity index (χ1) is 13.8. The summed E-state index contributed by atoms with van der Waals surface area (Å²) in [6.07, 6.45) is 0. The van der Waals surface area contributed by atoms with Gasteiger partial charge in [-0.05, 0) is 12.5 Å². The van der Waals surface area contributed by atoms with Gasteiger partial charge in [-0.25, -0.2) is 13.6 Å². The maximum Gasteiger partial charge on any atom is 0.333 e. The fraction of sp³-hybridized carbons (Fsp3) is 0.250. The minimum absolute atomic E-state index is 0.162. The summed E-state index contributed by atoms with van der Waals surface area (Å²) in [6.45, 7) is 0.855. The van der Waals surface area contributed by atoms with E-state index in [4.69, 9.17) is 9.47 Å². The topological polar surface area (TPSA) is 93.7 Å². The summed E-state index contributed by atoms with van der Waals surface area (Å²) in [6, 6.07) is 8.93. The molecular formula is C20H20F2N2O5. The zero-order chi connectivity index (χ0) is 21.4. The standard InChI is InChI=1S/C20H20F2N2O5/c1-12(23-17(25)11-29-16-9-14(21)8-15(22)10-16)19(26)24-18(20(27)28-2)13-6-4-3-5-7-13/h3-10,12,18H,11H2,1-2H3,(H,23,25)(H,24,26)/t12-,18-/m0/s1. The van der Waals surface area contributed by atoms with E-state index in [1.165, 1.54) is 14.0 Å². The number of amides is 2. The van der Waals surface area contributed by atoms with Gasteiger partial charge in [-0.1, -0.05) is 30.3 Å². The highest BCUT2D eigenvalue weighted by Crippen LogP contribution is 2.16. The van der Waals surface area contributed by atoms with Crippen LogP contribution in [0.1, 0.15) is 18.5 Å². The van der Waals surface area contributed by atoms with Crippen molar-refractivity contribution >= 4 is 17.8 Å². The van der Waals surface area contributed by atoms with E-state index in [0.717, 1.165) is 12.1 Å². The predicted molar refractivity (Wildman–Crippen MR) is 98.8 cm³/mol. The Balaban J connectivity index is 1.92. The third-order valence-electron chi connectivity index (χ3n) is 3.83. The zero-order valence-corrected chi connectivity index (χ0v) is 15.8. The number of methoxy groups -OCH3 is 1. The molecule has 2 amide bonds. The third-order valence-corrected chi connectivity index (χ3v) is 3.83. The second-order valence-corrected chi connectivity index (χ2v) is 6.06. The van der Waals surface area contributed by atoms with Gasteiger partial charge in [0.2, 0.25) is 5.91 Å². The number of halogens is 2. The van der Waals surface area contributed by atoms with E-state index in [9.17, 15) is 23.2 Å². The van der Waals surface area contributed by atoms with Gasteiger partial charge in [-0.2, -0.15) is 0 Å². The summed E-state index contributed by atoms with van der Waals surface area (Å²) in [5, 5.41) is 4.89. The van der Waals surface area contributed by atoms with Crippen LogP contribution in [-0.4, -0.2) is 37.5 Å². The number of carbonyl (C=O) groups is 3. The Bertz CT molecular complexity index is 856. The quantitative estimate of drug-likeness (QED) is 0.653. The van der Waals surface area contributed by atoms with Crippen LogP contribution in [-0.2, 0) is 19.1 Å². The second-order valence-electron chi connectivity index (χ2n) is 6.06. The van der Waals surface area contributed by atoms with Gasteiger partial charge in [0.25, 0.3) is 5.91 Å². The van der Waals surface area contributed by atoms with Crippen molar-refractivity contribution in [3.63, 3.8) is 0 Å². The molecule has 154 valence electrons. The van der Waals surface area contributed by atoms with E-state index in [1.807, 2.05) is 0 Å². The molecule has 0 aromatic heterocycles. The van der Waals surface area contributed by atoms with Crippen LogP contribution in [0.5, 0.6) is 5.75 Å². The molecule has 2 rings (SSSR count). The molecule has 29 heavy (non-hydrogen) atoms. The van der Waals surface area contributed by atoms with Crippen molar-refractivity contribution < 1.29 is 32.6 Å². The first kappa shape index (κ1) is 21.8. The molecule has 0 unspecified atom stereocenters. The van der Waals surface area contributed by atoms with Gasteiger partial charge in [-0.3, -0.25) is 9.59 Å². The van der Waals surface area contributed by atoms with Crippen molar-refractivity contribution in [1.29, 1.82) is 0 Å². The van der Waals surface area contributed by atoms with E-state index >= 15 is 0 Å². The Kier molecular flexibility index (Phi) is 7.64. The van der Waals surface area contributed by atoms with Gasteiger partial charge < -0.3 is 20.1 Å². The molecule has 2 atom stereocenters. The van der Waals surface area contributed by atoms with Crippen LogP contribution in [0.4, 0.5) is 8.78 Å². The lowest BCUT2D eigenvalue weighted by molar-refractivity contribution is -0.145. The number of carbonyl (C=O) groups excluding carboxylic acids is 3. The Labute approximate surface area is 166 Å². The maximum atomic E-state index is 13.1. The number of benzene rings is 2. The highest BCUT2D eigenvalue weighted by Gasteiger charge is 2.26. The van der Waals surface area contributed by atoms with Gasteiger partial charge in [0.05, 0.1) is 7.11 Å². The fourth-order valence-electron chi connectivity index (χ4n) is 2.42. The van der Waals surface area contributed by atoms with Gasteiger partial charge >= 0.3 is 5.97 Å². The largest absolute Gasteiger partial charge is 0.484 e. The molecule has 2 aromatic carbocycles. The number of hydrogen-bond donors (Lipinski definition) is 2. The number of esters is 1. The van der Waals surface area contributed by atoms with E-state index in [2.05, 4.69) is 10.6 Å². The molecule has 0 spiro atoms. The molecule has 2 N–H and O–H groups in total. The summed E-state index contributed by atoms with van der Waals surface area (Å²) in [5.74, 6) is -3.84. The van der Waals surface area contributed by atoms with Crippen LogP contribution in [0.25, 0.3) is 0 Å². The fourth-order valence-corrected chi connectivity index (χ4v) is 2.42. The zero-order valence-electron chi connectivity index (χ0n) is 15.8. The number of nitrogens with one attached hydrogen (secondary N) is 2. The van der Waals surface area contributed by atoms with Crippen molar-refractivity contribution in [2.45, 2.75) is 19.0 Å². The Hall–Kier alpha value is -3.49. The van der Waals surface area contributed by atoms with Gasteiger partial charge in [0.15, 0.2) is 12.6 Å². The van der Waals surface area contributed by atoms with Crippen LogP contribution in [0.3, 0.4) is 0 Å². The normalized spacial score (nSPS) is 12.4. The van der Waals surface area contributed by atoms with Crippen molar-refractivity contribution in [1.82, 2.24) is 10.6 Å². The van der Waals surface area contributed by atoms with E-state index < -0.39 is 48.1 Å². The number of hydrogen-bond acceptors (Lipinski definition) is 5. The maximum absolute atomic E-state index is 13.1. The first-order valence-corrected chi connectivity index (χ1v) is 8.61. The third kappa shape index (κ3) is 6.56. The average molecular weight is 406 g/mol. The van der Waals surface area contributed by atoms with Crippen LogP contribution in [0.2, 0.25) is 0 Å². The molecule has 0 saturated carbocycles. The summed E-state index contributed by atoms with van der Waals surface area (Å²) in [5.41, 5.74) is 0.516. The van der Waals surface area contributed by atoms with E-state index in [0.29, 0.717) is 11.6 Å². The molecule has 0 aliphatic heterocycles. The average Bonchev–Trinajstić information content (AvgIpc) is 2.69. The first-order valence-electron chi connectivity index (χ1n) is 8.61. The minimum atomic E-state index is -1.04. The van der Waals surface area contributed by atoms with E-state index in [1.54, 1.807) is 30.3 Å². The SMILES string of the molecule is COC(=O)[C@@H](NC(=O)[C@H](C)NC(=O)COc1cc(F)cc(F)c1)c1ccccc1. The lowest BCUT2D eigenvalue weighted by Gasteiger charge is -2.20. The monoisotopic (exact) mass is 406 g/mol. The highest BCUT2D eigenvalue weighted by molar-refractivity contribution is 5.91. The van der Waals surface area contributed by atoms with Crippen LogP contribution >= 0.6 is 0 Å². The van der Waals surface area contributed by atoms with Gasteiger partial charge in [-0.15, -0.1) is 0 Å². The second kappa shape index (κ2) is 10.2. The molecule has 0 radical (unpaired) electrons. The minimum Gasteiger partial charge on any atom is -0.484 e. The molecule has 7 nitrogen and oxygen atoms in total. The summed E-state index contributed by atoms with van der Waals surface area (Å²) in [7, 11) is 1.20. The Morgan fingerprint density at radius 2 is 1.62 bits per heavy atom. The molecule has 0 bridgehead atoms. The van der Waals surface area contributed by atoms with Gasteiger partial charge in [0.1, 0.15) is 23.4 Å².